The highest BCUT2D eigenvalue weighted by Gasteiger charge is 1.99. The number of furan rings is 1. The molecule has 5 heteroatoms. The molecule has 1 aromatic heterocycles. The maximum absolute atomic E-state index is 5.99. The fraction of sp³-hybridized carbons (Fsp3) is 0.353. The minimum absolute atomic E-state index is 0.694. The lowest BCUT2D eigenvalue weighted by molar-refractivity contribution is 0.510. The Bertz CT molecular complexity index is 581. The molecule has 2 rings (SSSR count). The predicted octanol–water partition coefficient (Wildman–Crippen LogP) is 3.27. The number of nitrogens with zero attached hydrogens (tertiary/aromatic N) is 1. The highest BCUT2D eigenvalue weighted by Crippen LogP contribution is 2.10. The van der Waals surface area contributed by atoms with Crippen molar-refractivity contribution in [1.82, 2.24) is 10.6 Å². The minimum Gasteiger partial charge on any atom is -0.469 e. The van der Waals surface area contributed by atoms with Crippen LogP contribution in [-0.2, 0) is 12.8 Å². The SMILES string of the molecule is CCNC(=NCCc1ccco1)NCCc1cccc(Cl)c1. The first-order valence-corrected chi connectivity index (χ1v) is 7.94. The van der Waals surface area contributed by atoms with Crippen LogP contribution >= 0.6 is 11.6 Å². The van der Waals surface area contributed by atoms with Crippen LogP contribution in [0.25, 0.3) is 0 Å². The van der Waals surface area contributed by atoms with Gasteiger partial charge in [0.2, 0.25) is 0 Å². The Labute approximate surface area is 136 Å². The number of halogens is 1. The molecule has 4 nitrogen and oxygen atoms in total. The van der Waals surface area contributed by atoms with E-state index in [1.807, 2.05) is 30.3 Å². The molecular weight excluding hydrogens is 298 g/mol. The Morgan fingerprint density at radius 2 is 2.09 bits per heavy atom. The number of rotatable bonds is 7. The average molecular weight is 320 g/mol. The number of hydrogen-bond acceptors (Lipinski definition) is 2. The summed E-state index contributed by atoms with van der Waals surface area (Å²) < 4.78 is 5.30. The zero-order chi connectivity index (χ0) is 15.6. The van der Waals surface area contributed by atoms with Gasteiger partial charge in [-0.25, -0.2) is 0 Å². The van der Waals surface area contributed by atoms with Gasteiger partial charge in [0.1, 0.15) is 5.76 Å². The molecular formula is C17H22ClN3O. The first-order valence-electron chi connectivity index (χ1n) is 7.57. The third-order valence-electron chi connectivity index (χ3n) is 3.15. The molecule has 0 spiro atoms. The number of benzene rings is 1. The number of aliphatic imine (C=N–C) groups is 1. The average Bonchev–Trinajstić information content (AvgIpc) is 3.01. The molecule has 0 atom stereocenters. The van der Waals surface area contributed by atoms with E-state index in [4.69, 9.17) is 16.0 Å². The summed E-state index contributed by atoms with van der Waals surface area (Å²) in [6.45, 7) is 4.40. The lowest BCUT2D eigenvalue weighted by Gasteiger charge is -2.11. The van der Waals surface area contributed by atoms with E-state index in [9.17, 15) is 0 Å². The fourth-order valence-corrected chi connectivity index (χ4v) is 2.31. The quantitative estimate of drug-likeness (QED) is 0.608. The van der Waals surface area contributed by atoms with E-state index in [2.05, 4.69) is 28.6 Å². The van der Waals surface area contributed by atoms with Crippen molar-refractivity contribution in [2.24, 2.45) is 4.99 Å². The predicted molar refractivity (Wildman–Crippen MR) is 91.5 cm³/mol. The van der Waals surface area contributed by atoms with Crippen molar-refractivity contribution in [1.29, 1.82) is 0 Å². The molecule has 22 heavy (non-hydrogen) atoms. The zero-order valence-electron chi connectivity index (χ0n) is 12.8. The molecule has 1 heterocycles. The van der Waals surface area contributed by atoms with Gasteiger partial charge in [-0.2, -0.15) is 0 Å². The van der Waals surface area contributed by atoms with Gasteiger partial charge in [-0.05, 0) is 43.2 Å². The Morgan fingerprint density at radius 1 is 1.18 bits per heavy atom. The second-order valence-corrected chi connectivity index (χ2v) is 5.33. The van der Waals surface area contributed by atoms with Crippen LogP contribution in [-0.4, -0.2) is 25.6 Å². The molecule has 2 N–H and O–H groups in total. The summed E-state index contributed by atoms with van der Waals surface area (Å²) in [4.78, 5) is 4.55. The van der Waals surface area contributed by atoms with Crippen molar-refractivity contribution in [3.63, 3.8) is 0 Å². The molecule has 0 saturated heterocycles. The van der Waals surface area contributed by atoms with Gasteiger partial charge in [-0.3, -0.25) is 4.99 Å². The van der Waals surface area contributed by atoms with E-state index in [0.717, 1.165) is 42.7 Å². The van der Waals surface area contributed by atoms with Crippen molar-refractivity contribution < 1.29 is 4.42 Å². The molecule has 2 aromatic rings. The third kappa shape index (κ3) is 5.82. The lowest BCUT2D eigenvalue weighted by Crippen LogP contribution is -2.38. The van der Waals surface area contributed by atoms with Crippen LogP contribution in [0.5, 0.6) is 0 Å². The van der Waals surface area contributed by atoms with Crippen molar-refractivity contribution in [3.8, 4) is 0 Å². The summed E-state index contributed by atoms with van der Waals surface area (Å²) in [7, 11) is 0. The number of nitrogens with one attached hydrogen (secondary N) is 2. The molecule has 0 unspecified atom stereocenters. The Balaban J connectivity index is 1.77. The molecule has 0 fully saturated rings. The fourth-order valence-electron chi connectivity index (χ4n) is 2.09. The standard InChI is InChI=1S/C17H22ClN3O/c1-2-19-17(21-11-9-16-7-4-12-22-16)20-10-8-14-5-3-6-15(18)13-14/h3-7,12-13H,2,8-11H2,1H3,(H2,19,20,21). The largest absolute Gasteiger partial charge is 0.469 e. The third-order valence-corrected chi connectivity index (χ3v) is 3.38. The maximum atomic E-state index is 5.99. The van der Waals surface area contributed by atoms with E-state index in [0.29, 0.717) is 6.54 Å². The second-order valence-electron chi connectivity index (χ2n) is 4.90. The van der Waals surface area contributed by atoms with Crippen LogP contribution in [0.15, 0.2) is 52.1 Å². The van der Waals surface area contributed by atoms with Crippen molar-refractivity contribution in [3.05, 3.63) is 59.0 Å². The van der Waals surface area contributed by atoms with E-state index >= 15 is 0 Å². The van der Waals surface area contributed by atoms with Crippen molar-refractivity contribution in [2.45, 2.75) is 19.8 Å². The first-order chi connectivity index (χ1) is 10.8. The topological polar surface area (TPSA) is 49.6 Å². The summed E-state index contributed by atoms with van der Waals surface area (Å²) >= 11 is 5.99. The van der Waals surface area contributed by atoms with E-state index in [1.54, 1.807) is 6.26 Å². The van der Waals surface area contributed by atoms with Crippen molar-refractivity contribution in [2.75, 3.05) is 19.6 Å². The monoisotopic (exact) mass is 319 g/mol. The lowest BCUT2D eigenvalue weighted by atomic mass is 10.1. The molecule has 118 valence electrons. The van der Waals surface area contributed by atoms with Gasteiger partial charge < -0.3 is 15.1 Å². The molecule has 0 amide bonds. The maximum Gasteiger partial charge on any atom is 0.191 e. The summed E-state index contributed by atoms with van der Waals surface area (Å²) in [5.74, 6) is 1.79. The molecule has 0 aliphatic heterocycles. The van der Waals surface area contributed by atoms with Crippen molar-refractivity contribution >= 4 is 17.6 Å². The Hall–Kier alpha value is -1.94. The molecule has 1 aromatic carbocycles. The number of hydrogen-bond donors (Lipinski definition) is 2. The minimum atomic E-state index is 0.694. The first kappa shape index (κ1) is 16.4. The Kier molecular flexibility index (Phi) is 6.84. The van der Waals surface area contributed by atoms with E-state index in [1.165, 1.54) is 5.56 Å². The van der Waals surface area contributed by atoms with Gasteiger partial charge in [-0.15, -0.1) is 0 Å². The van der Waals surface area contributed by atoms with Crippen LogP contribution in [0.1, 0.15) is 18.2 Å². The summed E-state index contributed by atoms with van der Waals surface area (Å²) in [5.41, 5.74) is 1.21. The van der Waals surface area contributed by atoms with E-state index in [-0.39, 0.29) is 0 Å². The molecule has 0 radical (unpaired) electrons. The van der Waals surface area contributed by atoms with Gasteiger partial charge in [0.05, 0.1) is 6.26 Å². The van der Waals surface area contributed by atoms with Crippen LogP contribution in [0.3, 0.4) is 0 Å². The van der Waals surface area contributed by atoms with Crippen LogP contribution < -0.4 is 10.6 Å². The van der Waals surface area contributed by atoms with Crippen LogP contribution in [0.2, 0.25) is 5.02 Å². The molecule has 0 aliphatic rings. The summed E-state index contributed by atoms with van der Waals surface area (Å²) in [5, 5.41) is 7.35. The summed E-state index contributed by atoms with van der Waals surface area (Å²) in [6.07, 6.45) is 3.40. The smallest absolute Gasteiger partial charge is 0.191 e. The summed E-state index contributed by atoms with van der Waals surface area (Å²) in [6, 6.07) is 11.8. The second kappa shape index (κ2) is 9.15. The highest BCUT2D eigenvalue weighted by molar-refractivity contribution is 6.30. The van der Waals surface area contributed by atoms with Gasteiger partial charge >= 0.3 is 0 Å². The molecule has 0 saturated carbocycles. The van der Waals surface area contributed by atoms with Gasteiger partial charge in [0, 0.05) is 31.1 Å². The number of guanidine groups is 1. The van der Waals surface area contributed by atoms with E-state index < -0.39 is 0 Å². The molecule has 0 aliphatic carbocycles. The van der Waals surface area contributed by atoms with Crippen LogP contribution in [0.4, 0.5) is 0 Å². The Morgan fingerprint density at radius 3 is 2.82 bits per heavy atom. The highest BCUT2D eigenvalue weighted by atomic mass is 35.5. The van der Waals surface area contributed by atoms with Gasteiger partial charge in [0.15, 0.2) is 5.96 Å². The normalized spacial score (nSPS) is 11.5. The zero-order valence-corrected chi connectivity index (χ0v) is 13.6. The van der Waals surface area contributed by atoms with Gasteiger partial charge in [-0.1, -0.05) is 23.7 Å². The van der Waals surface area contributed by atoms with Crippen LogP contribution in [0, 0.1) is 0 Å². The van der Waals surface area contributed by atoms with Gasteiger partial charge in [0.25, 0.3) is 0 Å². The molecule has 0 bridgehead atoms.